The van der Waals surface area contributed by atoms with Crippen LogP contribution in [0.2, 0.25) is 0 Å². The summed E-state index contributed by atoms with van der Waals surface area (Å²) in [4.78, 5) is 35.7. The van der Waals surface area contributed by atoms with Crippen molar-refractivity contribution >= 4 is 19.8 Å². The van der Waals surface area contributed by atoms with E-state index < -0.39 is 75.7 Å². The lowest BCUT2D eigenvalue weighted by Gasteiger charge is -2.41. The van der Waals surface area contributed by atoms with Gasteiger partial charge in [0.25, 0.3) is 0 Å². The maximum Gasteiger partial charge on any atom is 0.472 e. The zero-order valence-corrected chi connectivity index (χ0v) is 38.9. The first-order valence-corrected chi connectivity index (χ1v) is 25.6. The van der Waals surface area contributed by atoms with Crippen LogP contribution in [0, 0.1) is 0 Å². The number of allylic oxidation sites excluding steroid dienone is 4. The maximum atomic E-state index is 12.8. The van der Waals surface area contributed by atoms with E-state index >= 15 is 0 Å². The smallest absolute Gasteiger partial charge is 0.462 e. The summed E-state index contributed by atoms with van der Waals surface area (Å²) < 4.78 is 33.5. The minimum Gasteiger partial charge on any atom is -0.462 e. The third kappa shape index (κ3) is 30.2. The molecule has 13 nitrogen and oxygen atoms in total. The van der Waals surface area contributed by atoms with Crippen molar-refractivity contribution in [2.75, 3.05) is 13.2 Å². The van der Waals surface area contributed by atoms with Crippen molar-refractivity contribution in [3.63, 3.8) is 0 Å². The lowest BCUT2D eigenvalue weighted by molar-refractivity contribution is -0.220. The third-order valence-electron chi connectivity index (χ3n) is 11.3. The first-order chi connectivity index (χ1) is 29.4. The van der Waals surface area contributed by atoms with Gasteiger partial charge in [0.05, 0.1) is 6.61 Å². The molecule has 0 aromatic carbocycles. The summed E-state index contributed by atoms with van der Waals surface area (Å²) in [5.74, 6) is -1.11. The molecule has 1 aliphatic rings. The highest BCUT2D eigenvalue weighted by molar-refractivity contribution is 7.47. The van der Waals surface area contributed by atoms with Crippen molar-refractivity contribution in [1.82, 2.24) is 0 Å². The molecule has 358 valence electrons. The molecule has 6 unspecified atom stereocenters. The van der Waals surface area contributed by atoms with Gasteiger partial charge < -0.3 is 39.9 Å². The molecule has 0 aromatic heterocycles. The van der Waals surface area contributed by atoms with Crippen LogP contribution < -0.4 is 0 Å². The number of carbonyl (C=O) groups is 2. The van der Waals surface area contributed by atoms with E-state index in [1.165, 1.54) is 89.9 Å². The molecule has 0 heterocycles. The molecule has 0 saturated heterocycles. The number of rotatable bonds is 40. The van der Waals surface area contributed by atoms with Gasteiger partial charge in [-0.2, -0.15) is 0 Å². The molecule has 0 amide bonds. The van der Waals surface area contributed by atoms with Crippen LogP contribution in [0.1, 0.15) is 206 Å². The van der Waals surface area contributed by atoms with Crippen molar-refractivity contribution in [1.29, 1.82) is 0 Å². The van der Waals surface area contributed by atoms with Gasteiger partial charge in [0.15, 0.2) is 6.10 Å². The number of carbonyl (C=O) groups excluding carboxylic acids is 2. The molecule has 0 aliphatic heterocycles. The molecule has 0 aromatic rings. The molecule has 61 heavy (non-hydrogen) atoms. The number of ether oxygens (including phenoxy) is 2. The Kier molecular flexibility index (Phi) is 35.4. The standard InChI is InChI=1S/C47H87O13P/c1-3-5-7-9-11-13-15-17-19-21-23-25-27-29-31-33-35-40(48)57-37-39(38-58-61(55,56)60-47-45(53)43(51)42(50)44(52)46(47)54)59-41(49)36-34-32-30-28-26-24-22-20-18-16-14-12-10-8-6-4-2/h19-22,39,42-47,50-54H,3-18,23-38H2,1-2H3,(H,55,56)/b21-19-,22-20-/t39-,42?,43-,44?,45?,46?,47?/m1/s1. The predicted octanol–water partition coefficient (Wildman–Crippen LogP) is 9.62. The van der Waals surface area contributed by atoms with E-state index in [1.807, 2.05) is 0 Å². The average molecular weight is 891 g/mol. The van der Waals surface area contributed by atoms with Gasteiger partial charge in [-0.25, -0.2) is 4.57 Å². The zero-order chi connectivity index (χ0) is 45.0. The van der Waals surface area contributed by atoms with Gasteiger partial charge in [-0.1, -0.05) is 154 Å². The van der Waals surface area contributed by atoms with Crippen molar-refractivity contribution in [2.45, 2.75) is 249 Å². The van der Waals surface area contributed by atoms with Gasteiger partial charge in [-0.3, -0.25) is 18.6 Å². The molecule has 0 bridgehead atoms. The highest BCUT2D eigenvalue weighted by Gasteiger charge is 2.51. The van der Waals surface area contributed by atoms with Crippen LogP contribution in [0.5, 0.6) is 0 Å². The number of unbranched alkanes of at least 4 members (excludes halogenated alkanes) is 24. The highest BCUT2D eigenvalue weighted by Crippen LogP contribution is 2.47. The lowest BCUT2D eigenvalue weighted by Crippen LogP contribution is -2.64. The second-order valence-electron chi connectivity index (χ2n) is 17.0. The minimum atomic E-state index is -5.12. The highest BCUT2D eigenvalue weighted by atomic mass is 31.2. The lowest BCUT2D eigenvalue weighted by atomic mass is 9.85. The first kappa shape index (κ1) is 57.3. The van der Waals surface area contributed by atoms with Crippen LogP contribution in [0.25, 0.3) is 0 Å². The van der Waals surface area contributed by atoms with Crippen LogP contribution in [-0.2, 0) is 32.7 Å². The summed E-state index contributed by atoms with van der Waals surface area (Å²) in [7, 11) is -5.12. The Labute approximate surface area is 368 Å². The normalized spacial score (nSPS) is 22.2. The number of hydrogen-bond acceptors (Lipinski definition) is 12. The van der Waals surface area contributed by atoms with Crippen molar-refractivity contribution in [3.05, 3.63) is 24.3 Å². The second-order valence-corrected chi connectivity index (χ2v) is 18.4. The number of aliphatic hydroxyl groups excluding tert-OH is 5. The number of esters is 2. The van der Waals surface area contributed by atoms with Crippen LogP contribution in [0.15, 0.2) is 24.3 Å². The first-order valence-electron chi connectivity index (χ1n) is 24.1. The fourth-order valence-electron chi connectivity index (χ4n) is 7.34. The SMILES string of the molecule is CCCCCCCCC/C=C\CCCCCCCC(=O)OC[C@H](COP(=O)(O)OC1C(O)C(O)C(O)[C@@H](O)C1O)OC(=O)CCCCCCC/C=C\CCCCCCCCC. The topological polar surface area (TPSA) is 210 Å². The van der Waals surface area contributed by atoms with Crippen molar-refractivity contribution in [2.24, 2.45) is 0 Å². The Balaban J connectivity index is 2.45. The molecule has 1 saturated carbocycles. The fraction of sp³-hybridized carbons (Fsp3) is 0.872. The summed E-state index contributed by atoms with van der Waals surface area (Å²) >= 11 is 0. The van der Waals surface area contributed by atoms with E-state index in [0.717, 1.165) is 77.0 Å². The van der Waals surface area contributed by atoms with E-state index in [9.17, 15) is 44.6 Å². The summed E-state index contributed by atoms with van der Waals surface area (Å²) in [5.41, 5.74) is 0. The van der Waals surface area contributed by atoms with Gasteiger partial charge in [0.1, 0.15) is 43.2 Å². The van der Waals surface area contributed by atoms with Crippen molar-refractivity contribution in [3.8, 4) is 0 Å². The Morgan fingerprint density at radius 1 is 0.492 bits per heavy atom. The molecule has 1 aliphatic carbocycles. The molecule has 14 heteroatoms. The van der Waals surface area contributed by atoms with E-state index in [0.29, 0.717) is 12.8 Å². The summed E-state index contributed by atoms with van der Waals surface area (Å²) in [6.45, 7) is 3.29. The number of aliphatic hydroxyl groups is 5. The molecular formula is C47H87O13P. The van der Waals surface area contributed by atoms with Gasteiger partial charge >= 0.3 is 19.8 Å². The molecule has 1 rings (SSSR count). The van der Waals surface area contributed by atoms with Crippen LogP contribution in [0.4, 0.5) is 0 Å². The Morgan fingerprint density at radius 2 is 0.836 bits per heavy atom. The van der Waals surface area contributed by atoms with E-state index in [4.69, 9.17) is 18.5 Å². The summed E-state index contributed by atoms with van der Waals surface area (Å²) in [6.07, 6.45) is 28.0. The summed E-state index contributed by atoms with van der Waals surface area (Å²) in [6, 6.07) is 0. The molecule has 6 N–H and O–H groups in total. The van der Waals surface area contributed by atoms with E-state index in [1.54, 1.807) is 0 Å². The minimum absolute atomic E-state index is 0.0869. The zero-order valence-electron chi connectivity index (χ0n) is 38.0. The number of hydrogen-bond donors (Lipinski definition) is 6. The Morgan fingerprint density at radius 3 is 1.25 bits per heavy atom. The fourth-order valence-corrected chi connectivity index (χ4v) is 8.31. The van der Waals surface area contributed by atoms with Gasteiger partial charge in [0, 0.05) is 12.8 Å². The molecule has 8 atom stereocenters. The third-order valence-corrected chi connectivity index (χ3v) is 12.3. The van der Waals surface area contributed by atoms with E-state index in [-0.39, 0.29) is 12.8 Å². The molecule has 0 spiro atoms. The maximum absolute atomic E-state index is 12.8. The number of phosphoric ester groups is 1. The summed E-state index contributed by atoms with van der Waals surface area (Å²) in [5, 5.41) is 50.2. The quantitative estimate of drug-likeness (QED) is 0.0147. The van der Waals surface area contributed by atoms with Crippen LogP contribution in [-0.4, -0.2) is 98.3 Å². The number of phosphoric acid groups is 1. The van der Waals surface area contributed by atoms with Gasteiger partial charge in [-0.05, 0) is 64.2 Å². The Bertz CT molecular complexity index is 1170. The van der Waals surface area contributed by atoms with E-state index in [2.05, 4.69) is 38.2 Å². The predicted molar refractivity (Wildman–Crippen MR) is 240 cm³/mol. The van der Waals surface area contributed by atoms with Crippen LogP contribution >= 0.6 is 7.82 Å². The van der Waals surface area contributed by atoms with Gasteiger partial charge in [-0.15, -0.1) is 0 Å². The average Bonchev–Trinajstić information content (AvgIpc) is 3.24. The van der Waals surface area contributed by atoms with Crippen molar-refractivity contribution < 1.29 is 63.1 Å². The molecule has 1 fully saturated rings. The monoisotopic (exact) mass is 891 g/mol. The molecular weight excluding hydrogens is 803 g/mol. The Hall–Kier alpha value is -1.67. The largest absolute Gasteiger partial charge is 0.472 e. The van der Waals surface area contributed by atoms with Crippen LogP contribution in [0.3, 0.4) is 0 Å². The van der Waals surface area contributed by atoms with Gasteiger partial charge in [0.2, 0.25) is 0 Å². The second kappa shape index (κ2) is 37.7. The molecule has 0 radical (unpaired) electrons.